The van der Waals surface area contributed by atoms with Gasteiger partial charge in [0.25, 0.3) is 0 Å². The fourth-order valence-electron chi connectivity index (χ4n) is 0.639. The van der Waals surface area contributed by atoms with Crippen LogP contribution in [0.2, 0.25) is 0 Å². The van der Waals surface area contributed by atoms with Crippen molar-refractivity contribution in [3.05, 3.63) is 37.5 Å². The number of esters is 1. The Labute approximate surface area is 94.7 Å². The Morgan fingerprint density at radius 3 is 2.69 bits per heavy atom. The van der Waals surface area contributed by atoms with Crippen LogP contribution in [0, 0.1) is 0 Å². The lowest BCUT2D eigenvalue weighted by Crippen LogP contribution is -2.08. The predicted molar refractivity (Wildman–Crippen MR) is 61.5 cm³/mol. The normalized spacial score (nSPS) is 8.62. The van der Waals surface area contributed by atoms with Crippen LogP contribution in [0.4, 0.5) is 0 Å². The molecule has 1 N–H and O–H groups in total. The molecule has 0 bridgehead atoms. The van der Waals surface area contributed by atoms with Crippen LogP contribution in [0.5, 0.6) is 0 Å². The molecule has 5 nitrogen and oxygen atoms in total. The number of aliphatic hydroxyl groups is 1. The van der Waals surface area contributed by atoms with Crippen molar-refractivity contribution in [1.82, 2.24) is 9.55 Å². The zero-order valence-electron chi connectivity index (χ0n) is 9.30. The molecule has 0 spiro atoms. The summed E-state index contributed by atoms with van der Waals surface area (Å²) in [5.74, 6) is -0.455. The highest BCUT2D eigenvalue weighted by atomic mass is 16.5. The number of carbonyl (C=O) groups excluding carboxylic acids is 1. The Morgan fingerprint density at radius 1 is 1.69 bits per heavy atom. The van der Waals surface area contributed by atoms with Gasteiger partial charge in [-0.1, -0.05) is 13.2 Å². The van der Waals surface area contributed by atoms with E-state index in [9.17, 15) is 4.79 Å². The predicted octanol–water partition coefficient (Wildman–Crippen LogP) is 1.08. The molecule has 88 valence electrons. The summed E-state index contributed by atoms with van der Waals surface area (Å²) in [4.78, 5) is 14.3. The van der Waals surface area contributed by atoms with E-state index in [4.69, 9.17) is 5.11 Å². The molecule has 0 aliphatic carbocycles. The zero-order chi connectivity index (χ0) is 12.4. The van der Waals surface area contributed by atoms with Gasteiger partial charge < -0.3 is 14.4 Å². The molecular formula is C11H16N2O3. The number of hydrogen-bond donors (Lipinski definition) is 1. The first-order valence-corrected chi connectivity index (χ1v) is 4.65. The lowest BCUT2D eigenvalue weighted by molar-refractivity contribution is -0.139. The van der Waals surface area contributed by atoms with Crippen molar-refractivity contribution in [3.63, 3.8) is 0 Å². The van der Waals surface area contributed by atoms with E-state index >= 15 is 0 Å². The Balaban J connectivity index is 0.000000288. The van der Waals surface area contributed by atoms with Crippen LogP contribution in [0.1, 0.15) is 6.92 Å². The molecule has 0 aliphatic rings. The van der Waals surface area contributed by atoms with E-state index in [1.807, 2.05) is 6.20 Å². The number of aromatic nitrogens is 2. The van der Waals surface area contributed by atoms with E-state index in [2.05, 4.69) is 22.9 Å². The van der Waals surface area contributed by atoms with Gasteiger partial charge in [-0.25, -0.2) is 9.78 Å². The van der Waals surface area contributed by atoms with Crippen molar-refractivity contribution in [2.45, 2.75) is 6.92 Å². The largest absolute Gasteiger partial charge is 0.460 e. The molecule has 16 heavy (non-hydrogen) atoms. The molecule has 0 aliphatic heterocycles. The Hall–Kier alpha value is -1.88. The van der Waals surface area contributed by atoms with Gasteiger partial charge in [-0.3, -0.25) is 0 Å². The number of ether oxygens (including phenoxy) is 1. The number of hydrogen-bond acceptors (Lipinski definition) is 4. The third-order valence-corrected chi connectivity index (χ3v) is 1.41. The monoisotopic (exact) mass is 224 g/mol. The first-order valence-electron chi connectivity index (χ1n) is 4.65. The maximum absolute atomic E-state index is 10.5. The summed E-state index contributed by atoms with van der Waals surface area (Å²) in [6, 6.07) is 0. The number of aliphatic hydroxyl groups excluding tert-OH is 1. The number of rotatable bonds is 4. The lowest BCUT2D eigenvalue weighted by Gasteiger charge is -1.99. The smallest absolute Gasteiger partial charge is 0.333 e. The minimum absolute atomic E-state index is 0.0473. The highest BCUT2D eigenvalue weighted by Gasteiger charge is 1.99. The van der Waals surface area contributed by atoms with E-state index in [0.717, 1.165) is 0 Å². The second-order valence-electron chi connectivity index (χ2n) is 2.83. The zero-order valence-corrected chi connectivity index (χ0v) is 9.30. The molecule has 0 atom stereocenters. The van der Waals surface area contributed by atoms with Crippen LogP contribution in [0.25, 0.3) is 6.20 Å². The maximum atomic E-state index is 10.5. The third kappa shape index (κ3) is 6.56. The van der Waals surface area contributed by atoms with Crippen LogP contribution in [0.3, 0.4) is 0 Å². The Bertz CT molecular complexity index is 331. The van der Waals surface area contributed by atoms with E-state index in [1.165, 1.54) is 0 Å². The van der Waals surface area contributed by atoms with Crippen molar-refractivity contribution in [2.24, 2.45) is 0 Å². The highest BCUT2D eigenvalue weighted by Crippen LogP contribution is 1.89. The Kier molecular flexibility index (Phi) is 7.44. The molecule has 0 saturated carbocycles. The van der Waals surface area contributed by atoms with Gasteiger partial charge in [-0.15, -0.1) is 0 Å². The molecule has 1 aromatic rings. The number of imidazole rings is 1. The molecular weight excluding hydrogens is 208 g/mol. The second kappa shape index (κ2) is 8.43. The summed E-state index contributed by atoms with van der Waals surface area (Å²) >= 11 is 0. The summed E-state index contributed by atoms with van der Waals surface area (Å²) in [5, 5.41) is 8.19. The molecule has 0 amide bonds. The topological polar surface area (TPSA) is 64.3 Å². The van der Waals surface area contributed by atoms with Gasteiger partial charge in [-0.2, -0.15) is 0 Å². The molecule has 1 heterocycles. The van der Waals surface area contributed by atoms with E-state index in [1.54, 1.807) is 30.2 Å². The number of carbonyl (C=O) groups is 1. The van der Waals surface area contributed by atoms with Gasteiger partial charge in [0.05, 0.1) is 12.9 Å². The SMILES string of the molecule is C=C(C)C(=O)OCCO.C=Cn1ccnc1. The van der Waals surface area contributed by atoms with Gasteiger partial charge >= 0.3 is 5.97 Å². The fourth-order valence-corrected chi connectivity index (χ4v) is 0.639. The molecule has 1 aromatic heterocycles. The summed E-state index contributed by atoms with van der Waals surface area (Å²) in [6.45, 7) is 8.34. The van der Waals surface area contributed by atoms with Crippen molar-refractivity contribution in [2.75, 3.05) is 13.2 Å². The van der Waals surface area contributed by atoms with Gasteiger partial charge in [0.2, 0.25) is 0 Å². The molecule has 1 rings (SSSR count). The van der Waals surface area contributed by atoms with Crippen LogP contribution in [-0.4, -0.2) is 33.8 Å². The minimum atomic E-state index is -0.455. The van der Waals surface area contributed by atoms with Crippen LogP contribution in [0.15, 0.2) is 37.5 Å². The highest BCUT2D eigenvalue weighted by molar-refractivity contribution is 5.86. The van der Waals surface area contributed by atoms with Crippen LogP contribution < -0.4 is 0 Å². The van der Waals surface area contributed by atoms with E-state index in [0.29, 0.717) is 5.57 Å². The maximum Gasteiger partial charge on any atom is 0.333 e. The average molecular weight is 224 g/mol. The lowest BCUT2D eigenvalue weighted by atomic mass is 10.4. The molecule has 0 radical (unpaired) electrons. The Morgan fingerprint density at radius 2 is 2.38 bits per heavy atom. The molecule has 0 fully saturated rings. The first-order chi connectivity index (χ1) is 7.61. The molecule has 0 unspecified atom stereocenters. The molecule has 0 aromatic carbocycles. The van der Waals surface area contributed by atoms with Crippen molar-refractivity contribution >= 4 is 12.2 Å². The summed E-state index contributed by atoms with van der Waals surface area (Å²) in [7, 11) is 0. The fraction of sp³-hybridized carbons (Fsp3) is 0.273. The van der Waals surface area contributed by atoms with E-state index < -0.39 is 5.97 Å². The third-order valence-electron chi connectivity index (χ3n) is 1.41. The quantitative estimate of drug-likeness (QED) is 0.614. The van der Waals surface area contributed by atoms with Crippen LogP contribution >= 0.6 is 0 Å². The van der Waals surface area contributed by atoms with Gasteiger partial charge in [0.1, 0.15) is 6.61 Å². The molecule has 5 heteroatoms. The van der Waals surface area contributed by atoms with Crippen molar-refractivity contribution in [3.8, 4) is 0 Å². The first kappa shape index (κ1) is 14.1. The average Bonchev–Trinajstić information content (AvgIpc) is 2.79. The number of nitrogens with zero attached hydrogens (tertiary/aromatic N) is 2. The van der Waals surface area contributed by atoms with Crippen molar-refractivity contribution in [1.29, 1.82) is 0 Å². The van der Waals surface area contributed by atoms with Gasteiger partial charge in [0, 0.05) is 24.2 Å². The van der Waals surface area contributed by atoms with E-state index in [-0.39, 0.29) is 13.2 Å². The summed E-state index contributed by atoms with van der Waals surface area (Å²) in [6.07, 6.45) is 6.91. The minimum Gasteiger partial charge on any atom is -0.460 e. The summed E-state index contributed by atoms with van der Waals surface area (Å²) in [5.41, 5.74) is 0.350. The molecule has 0 saturated heterocycles. The van der Waals surface area contributed by atoms with Crippen LogP contribution in [-0.2, 0) is 9.53 Å². The van der Waals surface area contributed by atoms with Gasteiger partial charge in [0.15, 0.2) is 0 Å². The summed E-state index contributed by atoms with van der Waals surface area (Å²) < 4.78 is 6.24. The van der Waals surface area contributed by atoms with Gasteiger partial charge in [-0.05, 0) is 6.92 Å². The standard InChI is InChI=1S/C6H10O3.C5H6N2/c1-5(2)6(8)9-4-3-7;1-2-7-4-3-6-5-7/h7H,1,3-4H2,2H3;2-5H,1H2. The second-order valence-corrected chi connectivity index (χ2v) is 2.83. The van der Waals surface area contributed by atoms with Crippen molar-refractivity contribution < 1.29 is 14.6 Å².